The molecule has 3 aromatic rings. The minimum Gasteiger partial charge on any atom is -0.491 e. The average Bonchev–Trinajstić information content (AvgIpc) is 3.12. The molecule has 0 radical (unpaired) electrons. The summed E-state index contributed by atoms with van der Waals surface area (Å²) in [5.41, 5.74) is 3.34. The van der Waals surface area contributed by atoms with Crippen molar-refractivity contribution < 1.29 is 9.84 Å². The zero-order valence-corrected chi connectivity index (χ0v) is 16.2. The maximum absolute atomic E-state index is 10.1. The molecule has 1 heterocycles. The van der Waals surface area contributed by atoms with Gasteiger partial charge >= 0.3 is 0 Å². The summed E-state index contributed by atoms with van der Waals surface area (Å²) in [6, 6.07) is 16.2. The molecule has 4 nitrogen and oxygen atoms in total. The highest BCUT2D eigenvalue weighted by Crippen LogP contribution is 2.21. The first kappa shape index (κ1) is 19.2. The number of aliphatic hydroxyl groups is 1. The van der Waals surface area contributed by atoms with Crippen molar-refractivity contribution in [3.05, 3.63) is 65.9 Å². The lowest BCUT2D eigenvalue weighted by molar-refractivity contribution is 0.100. The third-order valence-electron chi connectivity index (χ3n) is 4.25. The Labute approximate surface area is 160 Å². The summed E-state index contributed by atoms with van der Waals surface area (Å²) in [6.45, 7) is 6.99. The van der Waals surface area contributed by atoms with Gasteiger partial charge in [-0.1, -0.05) is 36.4 Å². The standard InChI is InChI=1S/C23H28N2O2/c1-23(2,3)25-15-19(26)16-27-20-8-4-6-17(14-20)10-11-18-7-5-9-22-21(18)12-13-24-22/h4-14,19,24-26H,15-16H2,1-3H3/b11-10+. The summed E-state index contributed by atoms with van der Waals surface area (Å²) in [7, 11) is 0. The van der Waals surface area contributed by atoms with E-state index in [1.165, 1.54) is 10.9 Å². The Bertz CT molecular complexity index is 906. The summed E-state index contributed by atoms with van der Waals surface area (Å²) in [5, 5.41) is 14.6. The Hall–Kier alpha value is -2.56. The second-order valence-electron chi connectivity index (χ2n) is 7.79. The van der Waals surface area contributed by atoms with Gasteiger partial charge in [-0.15, -0.1) is 0 Å². The molecule has 0 bridgehead atoms. The molecule has 3 rings (SSSR count). The largest absolute Gasteiger partial charge is 0.491 e. The Morgan fingerprint density at radius 3 is 2.74 bits per heavy atom. The van der Waals surface area contributed by atoms with Gasteiger partial charge in [0.15, 0.2) is 0 Å². The first-order valence-electron chi connectivity index (χ1n) is 9.31. The highest BCUT2D eigenvalue weighted by molar-refractivity contribution is 5.91. The van der Waals surface area contributed by atoms with Gasteiger partial charge in [0.05, 0.1) is 0 Å². The number of ether oxygens (including phenoxy) is 1. The topological polar surface area (TPSA) is 57.3 Å². The van der Waals surface area contributed by atoms with Gasteiger partial charge in [-0.3, -0.25) is 0 Å². The molecule has 0 spiro atoms. The molecule has 142 valence electrons. The quantitative estimate of drug-likeness (QED) is 0.542. The fraction of sp³-hybridized carbons (Fsp3) is 0.304. The van der Waals surface area contributed by atoms with Crippen molar-refractivity contribution in [2.45, 2.75) is 32.4 Å². The lowest BCUT2D eigenvalue weighted by Crippen LogP contribution is -2.42. The van der Waals surface area contributed by atoms with Crippen molar-refractivity contribution in [2.24, 2.45) is 0 Å². The van der Waals surface area contributed by atoms with Crippen molar-refractivity contribution in [1.82, 2.24) is 10.3 Å². The number of nitrogens with one attached hydrogen (secondary N) is 2. The summed E-state index contributed by atoms with van der Waals surface area (Å²) in [6.07, 6.45) is 5.59. The minimum absolute atomic E-state index is 0.0198. The van der Waals surface area contributed by atoms with Crippen LogP contribution in [0.3, 0.4) is 0 Å². The Kier molecular flexibility index (Phi) is 5.99. The number of hydrogen-bond acceptors (Lipinski definition) is 3. The molecule has 2 aromatic carbocycles. The minimum atomic E-state index is -0.547. The van der Waals surface area contributed by atoms with E-state index in [4.69, 9.17) is 4.74 Å². The van der Waals surface area contributed by atoms with Crippen LogP contribution < -0.4 is 10.1 Å². The molecule has 0 aliphatic heterocycles. The number of hydrogen-bond donors (Lipinski definition) is 3. The second-order valence-corrected chi connectivity index (χ2v) is 7.79. The van der Waals surface area contributed by atoms with Gasteiger partial charge in [0.2, 0.25) is 0 Å². The molecule has 0 aliphatic rings. The Morgan fingerprint density at radius 2 is 1.93 bits per heavy atom. The summed E-state index contributed by atoms with van der Waals surface area (Å²) < 4.78 is 5.75. The Morgan fingerprint density at radius 1 is 1.11 bits per heavy atom. The average molecular weight is 364 g/mol. The molecule has 27 heavy (non-hydrogen) atoms. The SMILES string of the molecule is CC(C)(C)NCC(O)COc1cccc(/C=C/c2cccc3[nH]ccc23)c1. The predicted molar refractivity (Wildman–Crippen MR) is 113 cm³/mol. The van der Waals surface area contributed by atoms with Crippen LogP contribution in [0.25, 0.3) is 23.1 Å². The second kappa shape index (κ2) is 8.42. The zero-order chi connectivity index (χ0) is 19.3. The zero-order valence-electron chi connectivity index (χ0n) is 16.2. The van der Waals surface area contributed by atoms with E-state index in [1.54, 1.807) is 0 Å². The fourth-order valence-electron chi connectivity index (χ4n) is 2.82. The first-order chi connectivity index (χ1) is 12.9. The molecule has 0 saturated heterocycles. The smallest absolute Gasteiger partial charge is 0.120 e. The van der Waals surface area contributed by atoms with Gasteiger partial charge in [-0.25, -0.2) is 0 Å². The number of H-pyrrole nitrogens is 1. The lowest BCUT2D eigenvalue weighted by Gasteiger charge is -2.23. The van der Waals surface area contributed by atoms with E-state index in [9.17, 15) is 5.11 Å². The van der Waals surface area contributed by atoms with Crippen LogP contribution in [0.1, 0.15) is 31.9 Å². The van der Waals surface area contributed by atoms with Crippen molar-refractivity contribution in [3.63, 3.8) is 0 Å². The van der Waals surface area contributed by atoms with Gasteiger partial charge in [-0.05, 0) is 56.2 Å². The summed E-state index contributed by atoms with van der Waals surface area (Å²) >= 11 is 0. The van der Waals surface area contributed by atoms with Crippen molar-refractivity contribution in [2.75, 3.05) is 13.2 Å². The third kappa shape index (κ3) is 5.71. The number of aromatic amines is 1. The number of rotatable bonds is 7. The van der Waals surface area contributed by atoms with E-state index in [2.05, 4.69) is 61.4 Å². The van der Waals surface area contributed by atoms with E-state index in [1.807, 2.05) is 36.5 Å². The monoisotopic (exact) mass is 364 g/mol. The van der Waals surface area contributed by atoms with Crippen LogP contribution in [0.15, 0.2) is 54.7 Å². The predicted octanol–water partition coefficient (Wildman–Crippen LogP) is 4.47. The van der Waals surface area contributed by atoms with E-state index in [-0.39, 0.29) is 12.1 Å². The molecule has 0 fully saturated rings. The molecule has 0 aliphatic carbocycles. The molecule has 0 amide bonds. The van der Waals surface area contributed by atoms with Gasteiger partial charge in [0, 0.05) is 29.2 Å². The molecule has 3 N–H and O–H groups in total. The van der Waals surface area contributed by atoms with Crippen LogP contribution in [0.5, 0.6) is 5.75 Å². The maximum atomic E-state index is 10.1. The molecule has 1 atom stereocenters. The van der Waals surface area contributed by atoms with Gasteiger partial charge in [0.1, 0.15) is 18.5 Å². The molecular formula is C23H28N2O2. The van der Waals surface area contributed by atoms with Crippen molar-refractivity contribution >= 4 is 23.1 Å². The van der Waals surface area contributed by atoms with E-state index >= 15 is 0 Å². The van der Waals surface area contributed by atoms with Crippen LogP contribution in [0.4, 0.5) is 0 Å². The van der Waals surface area contributed by atoms with Crippen molar-refractivity contribution in [1.29, 1.82) is 0 Å². The third-order valence-corrected chi connectivity index (χ3v) is 4.25. The maximum Gasteiger partial charge on any atom is 0.120 e. The number of aliphatic hydroxyl groups excluding tert-OH is 1. The number of fused-ring (bicyclic) bond motifs is 1. The van der Waals surface area contributed by atoms with E-state index in [0.29, 0.717) is 6.54 Å². The molecule has 4 heteroatoms. The molecular weight excluding hydrogens is 336 g/mol. The summed E-state index contributed by atoms with van der Waals surface area (Å²) in [5.74, 6) is 0.756. The molecule has 1 unspecified atom stereocenters. The van der Waals surface area contributed by atoms with Gasteiger partial charge in [0.25, 0.3) is 0 Å². The first-order valence-corrected chi connectivity index (χ1v) is 9.31. The van der Waals surface area contributed by atoms with Crippen molar-refractivity contribution in [3.8, 4) is 5.75 Å². The van der Waals surface area contributed by atoms with Crippen LogP contribution in [0.2, 0.25) is 0 Å². The van der Waals surface area contributed by atoms with Crippen LogP contribution in [-0.4, -0.2) is 34.9 Å². The van der Waals surface area contributed by atoms with E-state index in [0.717, 1.165) is 16.8 Å². The molecule has 0 saturated carbocycles. The number of aromatic nitrogens is 1. The molecule has 1 aromatic heterocycles. The van der Waals surface area contributed by atoms with E-state index < -0.39 is 6.10 Å². The van der Waals surface area contributed by atoms with Gasteiger partial charge in [-0.2, -0.15) is 0 Å². The lowest BCUT2D eigenvalue weighted by atomic mass is 10.1. The normalized spacial score (nSPS) is 13.3. The van der Waals surface area contributed by atoms with Crippen LogP contribution >= 0.6 is 0 Å². The number of benzene rings is 2. The Balaban J connectivity index is 1.61. The van der Waals surface area contributed by atoms with Gasteiger partial charge < -0.3 is 20.1 Å². The highest BCUT2D eigenvalue weighted by Gasteiger charge is 2.12. The fourth-order valence-corrected chi connectivity index (χ4v) is 2.82. The number of β-amino-alcohol motifs (C(OH)–C–C–N with tert-alkyl or cyclic N) is 1. The summed E-state index contributed by atoms with van der Waals surface area (Å²) in [4.78, 5) is 3.23. The van der Waals surface area contributed by atoms with Crippen LogP contribution in [0, 0.1) is 0 Å². The highest BCUT2D eigenvalue weighted by atomic mass is 16.5. The van der Waals surface area contributed by atoms with Crippen LogP contribution in [-0.2, 0) is 0 Å².